The van der Waals surface area contributed by atoms with Crippen molar-refractivity contribution in [1.82, 2.24) is 15.0 Å². The number of hydrogen-bond donors (Lipinski definition) is 1. The minimum Gasteiger partial charge on any atom is -0.456 e. The molecule has 0 aliphatic heterocycles. The summed E-state index contributed by atoms with van der Waals surface area (Å²) in [5, 5.41) is 20.8. The first-order chi connectivity index (χ1) is 14.3. The number of nitrogens with one attached hydrogen (secondary N) is 1. The van der Waals surface area contributed by atoms with E-state index in [1.54, 1.807) is 24.3 Å². The number of fused-ring (bicyclic) bond motifs is 1. The van der Waals surface area contributed by atoms with Crippen LogP contribution in [0.15, 0.2) is 47.3 Å². The van der Waals surface area contributed by atoms with E-state index in [1.807, 2.05) is 0 Å². The molecule has 154 valence electrons. The normalized spacial score (nSPS) is 10.6. The van der Waals surface area contributed by atoms with Gasteiger partial charge in [0, 0.05) is 12.1 Å². The summed E-state index contributed by atoms with van der Waals surface area (Å²) in [4.78, 5) is 45.9. The maximum atomic E-state index is 13.7. The lowest BCUT2D eigenvalue weighted by molar-refractivity contribution is -0.384. The van der Waals surface area contributed by atoms with Gasteiger partial charge in [-0.25, -0.2) is 9.07 Å². The zero-order valence-corrected chi connectivity index (χ0v) is 15.3. The van der Waals surface area contributed by atoms with Gasteiger partial charge in [0.15, 0.2) is 6.61 Å². The Hall–Kier alpha value is -4.22. The molecule has 2 aromatic carbocycles. The van der Waals surface area contributed by atoms with Crippen molar-refractivity contribution in [3.8, 4) is 0 Å². The first kappa shape index (κ1) is 20.5. The van der Waals surface area contributed by atoms with Crippen LogP contribution < -0.4 is 10.9 Å². The van der Waals surface area contributed by atoms with Crippen molar-refractivity contribution in [3.63, 3.8) is 0 Å². The van der Waals surface area contributed by atoms with E-state index < -0.39 is 46.2 Å². The van der Waals surface area contributed by atoms with Crippen LogP contribution >= 0.6 is 0 Å². The van der Waals surface area contributed by atoms with Gasteiger partial charge in [-0.05, 0) is 18.2 Å². The molecule has 3 rings (SSSR count). The van der Waals surface area contributed by atoms with Gasteiger partial charge < -0.3 is 10.1 Å². The largest absolute Gasteiger partial charge is 0.456 e. The van der Waals surface area contributed by atoms with E-state index in [-0.39, 0.29) is 13.0 Å². The van der Waals surface area contributed by atoms with E-state index in [9.17, 15) is 28.9 Å². The molecule has 0 aliphatic carbocycles. The van der Waals surface area contributed by atoms with E-state index >= 15 is 0 Å². The highest BCUT2D eigenvalue weighted by Crippen LogP contribution is 2.21. The van der Waals surface area contributed by atoms with Crippen molar-refractivity contribution < 1.29 is 23.6 Å². The molecule has 1 N–H and O–H groups in total. The summed E-state index contributed by atoms with van der Waals surface area (Å²) in [6, 6.07) is 9.23. The highest BCUT2D eigenvalue weighted by molar-refractivity contribution is 5.93. The zero-order valence-electron chi connectivity index (χ0n) is 15.3. The highest BCUT2D eigenvalue weighted by Gasteiger charge is 2.15. The Bertz CT molecular complexity index is 1200. The number of nitro groups is 1. The topological polar surface area (TPSA) is 146 Å². The molecular formula is C18H14FN5O6. The summed E-state index contributed by atoms with van der Waals surface area (Å²) in [5.74, 6) is -2.56. The highest BCUT2D eigenvalue weighted by atomic mass is 19.1. The average Bonchev–Trinajstić information content (AvgIpc) is 2.73. The third-order valence-electron chi connectivity index (χ3n) is 3.96. The van der Waals surface area contributed by atoms with Gasteiger partial charge in [0.25, 0.3) is 17.2 Å². The minimum atomic E-state index is -0.884. The number of nitro benzene ring substituents is 1. The van der Waals surface area contributed by atoms with Crippen molar-refractivity contribution in [3.05, 3.63) is 68.7 Å². The lowest BCUT2D eigenvalue weighted by Gasteiger charge is -2.08. The molecule has 1 heterocycles. The number of rotatable bonds is 7. The molecule has 0 fully saturated rings. The number of ether oxygens (including phenoxy) is 1. The van der Waals surface area contributed by atoms with E-state index in [4.69, 9.17) is 4.74 Å². The summed E-state index contributed by atoms with van der Waals surface area (Å²) in [5.41, 5.74) is -0.826. The number of amides is 1. The quantitative estimate of drug-likeness (QED) is 0.346. The maximum absolute atomic E-state index is 13.7. The summed E-state index contributed by atoms with van der Waals surface area (Å²) in [7, 11) is 0. The molecule has 0 saturated carbocycles. The Morgan fingerprint density at radius 2 is 2.00 bits per heavy atom. The predicted octanol–water partition coefficient (Wildman–Crippen LogP) is 1.41. The number of esters is 1. The molecule has 0 unspecified atom stereocenters. The zero-order chi connectivity index (χ0) is 21.7. The lowest BCUT2D eigenvalue weighted by Crippen LogP contribution is -2.26. The number of aryl methyl sites for hydroxylation is 1. The Morgan fingerprint density at radius 3 is 2.77 bits per heavy atom. The molecule has 0 atom stereocenters. The number of hydrogen-bond acceptors (Lipinski definition) is 8. The van der Waals surface area contributed by atoms with Gasteiger partial charge in [0.1, 0.15) is 11.3 Å². The minimum absolute atomic E-state index is 0.114. The van der Waals surface area contributed by atoms with Crippen LogP contribution in [-0.4, -0.2) is 38.4 Å². The first-order valence-electron chi connectivity index (χ1n) is 8.57. The molecule has 11 nitrogen and oxygen atoms in total. The molecule has 12 heteroatoms. The fraction of sp³-hybridized carbons (Fsp3) is 0.167. The smallest absolute Gasteiger partial charge is 0.308 e. The molecule has 0 radical (unpaired) electrons. The third kappa shape index (κ3) is 4.79. The van der Waals surface area contributed by atoms with Gasteiger partial charge in [-0.2, -0.15) is 0 Å². The number of anilines is 1. The van der Waals surface area contributed by atoms with Crippen molar-refractivity contribution in [2.75, 3.05) is 11.9 Å². The van der Waals surface area contributed by atoms with Gasteiger partial charge >= 0.3 is 5.97 Å². The van der Waals surface area contributed by atoms with Crippen molar-refractivity contribution in [1.29, 1.82) is 0 Å². The van der Waals surface area contributed by atoms with E-state index in [0.29, 0.717) is 10.9 Å². The van der Waals surface area contributed by atoms with Crippen LogP contribution in [0.3, 0.4) is 0 Å². The second kappa shape index (κ2) is 8.86. The van der Waals surface area contributed by atoms with Gasteiger partial charge in [0.2, 0.25) is 0 Å². The summed E-state index contributed by atoms with van der Waals surface area (Å²) < 4.78 is 19.4. The maximum Gasteiger partial charge on any atom is 0.308 e. The monoisotopic (exact) mass is 415 g/mol. The Kier molecular flexibility index (Phi) is 6.05. The van der Waals surface area contributed by atoms with Gasteiger partial charge in [-0.1, -0.05) is 17.3 Å². The van der Waals surface area contributed by atoms with Crippen LogP contribution in [0.25, 0.3) is 10.9 Å². The van der Waals surface area contributed by atoms with Crippen molar-refractivity contribution in [2.45, 2.75) is 13.0 Å². The third-order valence-corrected chi connectivity index (χ3v) is 3.96. The number of halogens is 1. The Labute approximate surface area is 167 Å². The number of aromatic nitrogens is 3. The number of carbonyl (C=O) groups is 2. The fourth-order valence-corrected chi connectivity index (χ4v) is 2.49. The van der Waals surface area contributed by atoms with Crippen LogP contribution in [0, 0.1) is 15.9 Å². The number of carbonyl (C=O) groups excluding carboxylic acids is 2. The second-order valence-electron chi connectivity index (χ2n) is 6.02. The van der Waals surface area contributed by atoms with Crippen LogP contribution in [0.1, 0.15) is 6.42 Å². The molecule has 30 heavy (non-hydrogen) atoms. The van der Waals surface area contributed by atoms with Crippen molar-refractivity contribution in [2.24, 2.45) is 0 Å². The average molecular weight is 415 g/mol. The fourth-order valence-electron chi connectivity index (χ4n) is 2.49. The molecule has 0 bridgehead atoms. The summed E-state index contributed by atoms with van der Waals surface area (Å²) >= 11 is 0. The van der Waals surface area contributed by atoms with Gasteiger partial charge in [-0.15, -0.1) is 5.10 Å². The predicted molar refractivity (Wildman–Crippen MR) is 101 cm³/mol. The van der Waals surface area contributed by atoms with E-state index in [2.05, 4.69) is 15.6 Å². The number of non-ortho nitro benzene ring substituents is 1. The van der Waals surface area contributed by atoms with E-state index in [0.717, 1.165) is 22.9 Å². The Balaban J connectivity index is 1.53. The van der Waals surface area contributed by atoms with Crippen LogP contribution in [0.2, 0.25) is 0 Å². The van der Waals surface area contributed by atoms with Crippen LogP contribution in [0.4, 0.5) is 15.8 Å². The number of nitrogens with zero attached hydrogens (tertiary/aromatic N) is 4. The second-order valence-corrected chi connectivity index (χ2v) is 6.02. The van der Waals surface area contributed by atoms with Gasteiger partial charge in [-0.3, -0.25) is 24.5 Å². The molecule has 1 amide bonds. The summed E-state index contributed by atoms with van der Waals surface area (Å²) in [6.45, 7) is -0.851. The lowest BCUT2D eigenvalue weighted by atomic mass is 10.2. The van der Waals surface area contributed by atoms with E-state index in [1.165, 1.54) is 0 Å². The molecule has 3 aromatic rings. The molecule has 0 saturated heterocycles. The molecular weight excluding hydrogens is 401 g/mol. The Morgan fingerprint density at radius 1 is 1.23 bits per heavy atom. The molecule has 1 aromatic heterocycles. The first-order valence-corrected chi connectivity index (χ1v) is 8.57. The van der Waals surface area contributed by atoms with Crippen LogP contribution in [-0.2, 0) is 20.9 Å². The molecule has 0 spiro atoms. The van der Waals surface area contributed by atoms with Crippen LogP contribution in [0.5, 0.6) is 0 Å². The standard InChI is InChI=1S/C18H14FN5O6/c19-13-6-5-11(24(28)29)9-15(13)20-16(25)10-30-17(26)7-8-23-18(27)12-3-1-2-4-14(12)21-22-23/h1-6,9H,7-8,10H2,(H,20,25). The number of benzene rings is 2. The SMILES string of the molecule is O=C(COC(=O)CCn1nnc2ccccc2c1=O)Nc1cc([N+](=O)[O-])ccc1F. The van der Waals surface area contributed by atoms with Gasteiger partial charge in [0.05, 0.1) is 29.0 Å². The van der Waals surface area contributed by atoms with Crippen molar-refractivity contribution >= 4 is 34.2 Å². The summed E-state index contributed by atoms with van der Waals surface area (Å²) in [6.07, 6.45) is -0.259. The molecule has 0 aliphatic rings.